The molecule has 1 aromatic carbocycles. The molecule has 2 atom stereocenters. The number of benzene rings is 1. The number of pyridine rings is 1. The largest absolute Gasteiger partial charge is 0.495 e. The maximum atomic E-state index is 13.4. The smallest absolute Gasteiger partial charge is 0.272 e. The van der Waals surface area contributed by atoms with Crippen molar-refractivity contribution in [2.24, 2.45) is 5.92 Å². The lowest BCUT2D eigenvalue weighted by Crippen LogP contribution is -2.37. The zero-order chi connectivity index (χ0) is 23.7. The predicted molar refractivity (Wildman–Crippen MR) is 126 cm³/mol. The highest BCUT2D eigenvalue weighted by Gasteiger charge is 2.56. The number of ether oxygens (including phenoxy) is 2. The lowest BCUT2D eigenvalue weighted by molar-refractivity contribution is 0.361. The molecule has 9 nitrogen and oxygen atoms in total. The first-order valence-corrected chi connectivity index (χ1v) is 12.8. The molecular weight excluding hydrogens is 456 g/mol. The molecule has 2 aromatic heterocycles. The first-order valence-electron chi connectivity index (χ1n) is 11.4. The summed E-state index contributed by atoms with van der Waals surface area (Å²) >= 11 is 0. The molecule has 1 saturated carbocycles. The lowest BCUT2D eigenvalue weighted by atomic mass is 9.77. The predicted octanol–water partition coefficient (Wildman–Crippen LogP) is 3.60. The number of fused-ring (bicyclic) bond motifs is 4. The molecule has 0 bridgehead atoms. The summed E-state index contributed by atoms with van der Waals surface area (Å²) in [6, 6.07) is 8.05. The van der Waals surface area contributed by atoms with Crippen molar-refractivity contribution in [1.29, 1.82) is 0 Å². The van der Waals surface area contributed by atoms with E-state index in [1.54, 1.807) is 0 Å². The van der Waals surface area contributed by atoms with Crippen molar-refractivity contribution >= 4 is 21.5 Å². The van der Waals surface area contributed by atoms with Crippen LogP contribution < -0.4 is 19.1 Å². The van der Waals surface area contributed by atoms with Gasteiger partial charge in [0.05, 0.1) is 14.2 Å². The Morgan fingerprint density at radius 1 is 1.21 bits per heavy atom. The average molecular weight is 483 g/mol. The summed E-state index contributed by atoms with van der Waals surface area (Å²) < 4.78 is 45.7. The molecule has 0 unspecified atom stereocenters. The van der Waals surface area contributed by atoms with Crippen LogP contribution in [0.2, 0.25) is 0 Å². The van der Waals surface area contributed by atoms with Gasteiger partial charge in [0, 0.05) is 47.6 Å². The van der Waals surface area contributed by atoms with Crippen LogP contribution in [0.25, 0.3) is 11.3 Å². The molecule has 2 fully saturated rings. The fourth-order valence-corrected chi connectivity index (χ4v) is 6.65. The van der Waals surface area contributed by atoms with Gasteiger partial charge in [0.15, 0.2) is 16.5 Å². The Balaban J connectivity index is 1.43. The van der Waals surface area contributed by atoms with Crippen molar-refractivity contribution in [1.82, 2.24) is 10.1 Å². The third-order valence-corrected chi connectivity index (χ3v) is 8.86. The normalized spacial score (nSPS) is 22.6. The number of anilines is 2. The minimum absolute atomic E-state index is 0.0226. The number of methoxy groups -OCH3 is 2. The Morgan fingerprint density at radius 2 is 2.00 bits per heavy atom. The van der Waals surface area contributed by atoms with Gasteiger partial charge < -0.3 is 18.9 Å². The number of aromatic nitrogens is 2. The second-order valence-corrected chi connectivity index (χ2v) is 10.9. The Labute approximate surface area is 198 Å². The third kappa shape index (κ3) is 3.01. The minimum atomic E-state index is -4.12. The van der Waals surface area contributed by atoms with Crippen molar-refractivity contribution in [2.75, 3.05) is 36.9 Å². The van der Waals surface area contributed by atoms with Crippen LogP contribution in [0.5, 0.6) is 11.6 Å². The Kier molecular flexibility index (Phi) is 4.61. The average Bonchev–Trinajstić information content (AvgIpc) is 3.26. The molecule has 34 heavy (non-hydrogen) atoms. The van der Waals surface area contributed by atoms with Crippen molar-refractivity contribution in [3.05, 3.63) is 41.6 Å². The van der Waals surface area contributed by atoms with Crippen LogP contribution in [-0.2, 0) is 21.9 Å². The summed E-state index contributed by atoms with van der Waals surface area (Å²) in [6.45, 7) is 4.33. The summed E-state index contributed by atoms with van der Waals surface area (Å²) in [5, 5.41) is 4.16. The molecule has 1 aliphatic heterocycles. The van der Waals surface area contributed by atoms with Gasteiger partial charge in [-0.1, -0.05) is 18.1 Å². The summed E-state index contributed by atoms with van der Waals surface area (Å²) in [5.74, 6) is 1.40. The first kappa shape index (κ1) is 21.3. The van der Waals surface area contributed by atoms with E-state index in [-0.39, 0.29) is 27.8 Å². The van der Waals surface area contributed by atoms with Gasteiger partial charge in [-0.05, 0) is 42.9 Å². The topological polar surface area (TPSA) is 107 Å². The van der Waals surface area contributed by atoms with Crippen molar-refractivity contribution in [2.45, 2.75) is 36.5 Å². The number of rotatable bonds is 6. The second kappa shape index (κ2) is 7.36. The van der Waals surface area contributed by atoms with Crippen LogP contribution in [-0.4, -0.2) is 45.9 Å². The van der Waals surface area contributed by atoms with Gasteiger partial charge in [-0.15, -0.1) is 0 Å². The standard InChI is InChI=1S/C24H26N4O5S/c1-14-12-24(14)13-17-20(16-11-15(5-6-18(16)24)28-9-4-10-28)33-26-22(17)27-34(29,30)21-19(31-2)7-8-25-23(21)32-3/h5-8,11,14H,4,9-10,12-13H2,1-3H3,(H,26,27)/t14-,24+/m1/s1. The number of sulfonamides is 1. The first-order chi connectivity index (χ1) is 16.4. The van der Waals surface area contributed by atoms with Gasteiger partial charge in [0.25, 0.3) is 10.0 Å². The van der Waals surface area contributed by atoms with Gasteiger partial charge >= 0.3 is 0 Å². The highest BCUT2D eigenvalue weighted by molar-refractivity contribution is 7.93. The van der Waals surface area contributed by atoms with Crippen LogP contribution in [0, 0.1) is 5.92 Å². The molecule has 178 valence electrons. The van der Waals surface area contributed by atoms with Gasteiger partial charge in [-0.25, -0.2) is 13.4 Å². The molecule has 1 N–H and O–H groups in total. The molecule has 2 aliphatic carbocycles. The summed E-state index contributed by atoms with van der Waals surface area (Å²) in [6.07, 6.45) is 4.34. The molecule has 3 heterocycles. The van der Waals surface area contributed by atoms with E-state index in [1.807, 2.05) is 0 Å². The van der Waals surface area contributed by atoms with E-state index in [1.165, 1.54) is 38.5 Å². The molecule has 6 rings (SSSR count). The molecule has 3 aliphatic rings. The zero-order valence-corrected chi connectivity index (χ0v) is 20.1. The van der Waals surface area contributed by atoms with Crippen molar-refractivity contribution in [3.8, 4) is 23.0 Å². The van der Waals surface area contributed by atoms with Gasteiger partial charge in [0.1, 0.15) is 5.75 Å². The summed E-state index contributed by atoms with van der Waals surface area (Å²) in [7, 11) is -1.36. The highest BCUT2D eigenvalue weighted by atomic mass is 32.2. The van der Waals surface area contributed by atoms with Crippen LogP contribution in [0.1, 0.15) is 30.9 Å². The Bertz CT molecular complexity index is 1380. The van der Waals surface area contributed by atoms with Crippen molar-refractivity contribution < 1.29 is 22.4 Å². The number of nitrogens with one attached hydrogen (secondary N) is 1. The Morgan fingerprint density at radius 3 is 2.65 bits per heavy atom. The second-order valence-electron chi connectivity index (χ2n) is 9.30. The van der Waals surface area contributed by atoms with Gasteiger partial charge in [-0.3, -0.25) is 4.72 Å². The maximum Gasteiger partial charge on any atom is 0.272 e. The molecule has 0 radical (unpaired) electrons. The molecule has 1 spiro atoms. The van der Waals surface area contributed by atoms with E-state index in [4.69, 9.17) is 14.0 Å². The third-order valence-electron chi connectivity index (χ3n) is 7.49. The number of hydrogen-bond donors (Lipinski definition) is 1. The molecule has 3 aromatic rings. The fourth-order valence-electron chi connectivity index (χ4n) is 5.35. The summed E-state index contributed by atoms with van der Waals surface area (Å²) in [4.78, 5) is 6.19. The Hall–Kier alpha value is -3.27. The molecule has 0 amide bonds. The molecule has 1 saturated heterocycles. The maximum absolute atomic E-state index is 13.4. The van der Waals surface area contributed by atoms with E-state index < -0.39 is 10.0 Å². The highest BCUT2D eigenvalue weighted by Crippen LogP contribution is 2.62. The van der Waals surface area contributed by atoms with E-state index in [0.29, 0.717) is 18.1 Å². The molecule has 10 heteroatoms. The fraction of sp³-hybridized carbons (Fsp3) is 0.417. The van der Waals surface area contributed by atoms with E-state index in [2.05, 4.69) is 44.9 Å². The van der Waals surface area contributed by atoms with E-state index in [0.717, 1.165) is 36.3 Å². The SMILES string of the molecule is COc1ccnc(OC)c1S(=O)(=O)Nc1noc2c1C[C@]1(C[C@H]1C)c1ccc(N3CCC3)cc1-2. The molecular formula is C24H26N4O5S. The van der Waals surface area contributed by atoms with E-state index >= 15 is 0 Å². The monoisotopic (exact) mass is 482 g/mol. The van der Waals surface area contributed by atoms with E-state index in [9.17, 15) is 8.42 Å². The number of nitrogens with zero attached hydrogens (tertiary/aromatic N) is 3. The van der Waals surface area contributed by atoms with Gasteiger partial charge in [-0.2, -0.15) is 0 Å². The van der Waals surface area contributed by atoms with Crippen molar-refractivity contribution in [3.63, 3.8) is 0 Å². The van der Waals surface area contributed by atoms with Crippen LogP contribution >= 0.6 is 0 Å². The minimum Gasteiger partial charge on any atom is -0.495 e. The van der Waals surface area contributed by atoms with Crippen LogP contribution in [0.3, 0.4) is 0 Å². The summed E-state index contributed by atoms with van der Waals surface area (Å²) in [5.41, 5.74) is 4.18. The van der Waals surface area contributed by atoms with Gasteiger partial charge in [0.2, 0.25) is 5.88 Å². The zero-order valence-electron chi connectivity index (χ0n) is 19.3. The van der Waals surface area contributed by atoms with Crippen LogP contribution in [0.15, 0.2) is 39.9 Å². The lowest BCUT2D eigenvalue weighted by Gasteiger charge is -2.34. The van der Waals surface area contributed by atoms with Crippen LogP contribution in [0.4, 0.5) is 11.5 Å². The number of hydrogen-bond acceptors (Lipinski definition) is 8. The quantitative estimate of drug-likeness (QED) is 0.568.